The first-order valence-electron chi connectivity index (χ1n) is 7.52. The van der Waals surface area contributed by atoms with Gasteiger partial charge in [0.1, 0.15) is 0 Å². The smallest absolute Gasteiger partial charge is 0.305 e. The Labute approximate surface area is 116 Å². The van der Waals surface area contributed by atoms with Crippen molar-refractivity contribution >= 4 is 11.9 Å². The van der Waals surface area contributed by atoms with E-state index < -0.39 is 0 Å². The van der Waals surface area contributed by atoms with Gasteiger partial charge in [-0.15, -0.1) is 0 Å². The Kier molecular flexibility index (Phi) is 12.6. The predicted octanol–water partition coefficient (Wildman–Crippen LogP) is 3.62. The Hall–Kier alpha value is -1.06. The summed E-state index contributed by atoms with van der Waals surface area (Å²) in [6.07, 6.45) is 8.62. The molecule has 0 saturated heterocycles. The first-order chi connectivity index (χ1) is 9.20. The van der Waals surface area contributed by atoms with Crippen molar-refractivity contribution in [2.75, 3.05) is 13.2 Å². The molecule has 0 atom stereocenters. The quantitative estimate of drug-likeness (QED) is 0.402. The van der Waals surface area contributed by atoms with Gasteiger partial charge < -0.3 is 9.47 Å². The second-order valence-corrected chi connectivity index (χ2v) is 4.62. The Morgan fingerprint density at radius 2 is 0.947 bits per heavy atom. The zero-order chi connectivity index (χ0) is 14.3. The van der Waals surface area contributed by atoms with E-state index in [1.165, 1.54) is 19.3 Å². The van der Waals surface area contributed by atoms with Crippen molar-refractivity contribution in [3.8, 4) is 0 Å². The van der Waals surface area contributed by atoms with Crippen LogP contribution >= 0.6 is 0 Å². The molecule has 112 valence electrons. The van der Waals surface area contributed by atoms with Crippen LogP contribution in [0.5, 0.6) is 0 Å². The molecule has 0 spiro atoms. The van der Waals surface area contributed by atoms with Gasteiger partial charge in [0.15, 0.2) is 0 Å². The molecule has 0 N–H and O–H groups in total. The Bertz CT molecular complexity index is 214. The van der Waals surface area contributed by atoms with Crippen molar-refractivity contribution < 1.29 is 19.1 Å². The molecule has 0 aliphatic rings. The minimum absolute atomic E-state index is 0.110. The van der Waals surface area contributed by atoms with E-state index in [4.69, 9.17) is 9.47 Å². The fourth-order valence-electron chi connectivity index (χ4n) is 1.66. The Morgan fingerprint density at radius 1 is 0.632 bits per heavy atom. The van der Waals surface area contributed by atoms with E-state index in [0.29, 0.717) is 26.1 Å². The summed E-state index contributed by atoms with van der Waals surface area (Å²) in [5.41, 5.74) is 0. The van der Waals surface area contributed by atoms with Crippen LogP contribution < -0.4 is 0 Å². The van der Waals surface area contributed by atoms with E-state index in [0.717, 1.165) is 25.7 Å². The molecule has 0 bridgehead atoms. The molecular weight excluding hydrogens is 244 g/mol. The molecule has 0 aliphatic carbocycles. The van der Waals surface area contributed by atoms with Gasteiger partial charge in [-0.05, 0) is 12.8 Å². The lowest BCUT2D eigenvalue weighted by Gasteiger charge is -2.04. The summed E-state index contributed by atoms with van der Waals surface area (Å²) in [6.45, 7) is 4.72. The Morgan fingerprint density at radius 3 is 1.26 bits per heavy atom. The van der Waals surface area contributed by atoms with E-state index in [9.17, 15) is 9.59 Å². The largest absolute Gasteiger partial charge is 0.466 e. The average molecular weight is 272 g/mol. The molecule has 0 aromatic heterocycles. The van der Waals surface area contributed by atoms with Gasteiger partial charge in [0.25, 0.3) is 0 Å². The van der Waals surface area contributed by atoms with Crippen molar-refractivity contribution in [1.29, 1.82) is 0 Å². The van der Waals surface area contributed by atoms with Crippen LogP contribution in [0.1, 0.15) is 71.6 Å². The van der Waals surface area contributed by atoms with Crippen LogP contribution in [0.4, 0.5) is 0 Å². The van der Waals surface area contributed by atoms with Crippen molar-refractivity contribution in [1.82, 2.24) is 0 Å². The van der Waals surface area contributed by atoms with Crippen molar-refractivity contribution in [3.05, 3.63) is 0 Å². The normalized spacial score (nSPS) is 10.2. The molecule has 0 rings (SSSR count). The monoisotopic (exact) mass is 272 g/mol. The van der Waals surface area contributed by atoms with Crippen molar-refractivity contribution in [2.45, 2.75) is 71.6 Å². The van der Waals surface area contributed by atoms with Gasteiger partial charge in [-0.2, -0.15) is 0 Å². The maximum absolute atomic E-state index is 10.9. The van der Waals surface area contributed by atoms with Crippen LogP contribution in [0.25, 0.3) is 0 Å². The van der Waals surface area contributed by atoms with E-state index in [2.05, 4.69) is 0 Å². The van der Waals surface area contributed by atoms with Gasteiger partial charge >= 0.3 is 11.9 Å². The van der Waals surface area contributed by atoms with Gasteiger partial charge in [0.2, 0.25) is 0 Å². The average Bonchev–Trinajstić information content (AvgIpc) is 2.43. The van der Waals surface area contributed by atoms with E-state index in [-0.39, 0.29) is 11.9 Å². The molecule has 0 aromatic rings. The second-order valence-electron chi connectivity index (χ2n) is 4.62. The highest BCUT2D eigenvalue weighted by atomic mass is 16.5. The number of carbonyl (C=O) groups is 2. The SMILES string of the molecule is CCC(=O)OCCCCCCCCCOC(=O)CC. The molecule has 4 heteroatoms. The summed E-state index contributed by atoms with van der Waals surface area (Å²) in [5, 5.41) is 0. The third-order valence-electron chi connectivity index (χ3n) is 2.89. The zero-order valence-electron chi connectivity index (χ0n) is 12.4. The molecule has 0 unspecified atom stereocenters. The number of ether oxygens (including phenoxy) is 2. The number of hydrogen-bond donors (Lipinski definition) is 0. The molecule has 19 heavy (non-hydrogen) atoms. The molecule has 0 saturated carbocycles. The van der Waals surface area contributed by atoms with E-state index >= 15 is 0 Å². The lowest BCUT2D eigenvalue weighted by atomic mass is 10.1. The number of carbonyl (C=O) groups excluding carboxylic acids is 2. The van der Waals surface area contributed by atoms with Crippen LogP contribution in [-0.2, 0) is 19.1 Å². The molecule has 4 nitrogen and oxygen atoms in total. The lowest BCUT2D eigenvalue weighted by molar-refractivity contribution is -0.144. The molecular formula is C15H28O4. The highest BCUT2D eigenvalue weighted by molar-refractivity contribution is 5.69. The molecule has 0 amide bonds. The van der Waals surface area contributed by atoms with Crippen LogP contribution in [0.2, 0.25) is 0 Å². The number of unbranched alkanes of at least 4 members (excludes halogenated alkanes) is 6. The van der Waals surface area contributed by atoms with Gasteiger partial charge in [0, 0.05) is 12.8 Å². The molecule has 0 aromatic carbocycles. The van der Waals surface area contributed by atoms with E-state index in [1.807, 2.05) is 0 Å². The standard InChI is InChI=1S/C15H28O4/c1-3-14(16)18-12-10-8-6-5-7-9-11-13-19-15(17)4-2/h3-13H2,1-2H3. The fourth-order valence-corrected chi connectivity index (χ4v) is 1.66. The fraction of sp³-hybridized carbons (Fsp3) is 0.867. The van der Waals surface area contributed by atoms with Crippen LogP contribution in [0, 0.1) is 0 Å². The highest BCUT2D eigenvalue weighted by Gasteiger charge is 1.98. The number of esters is 2. The van der Waals surface area contributed by atoms with Crippen LogP contribution in [0.3, 0.4) is 0 Å². The number of hydrogen-bond acceptors (Lipinski definition) is 4. The van der Waals surface area contributed by atoms with E-state index in [1.54, 1.807) is 13.8 Å². The summed E-state index contributed by atoms with van der Waals surface area (Å²) in [7, 11) is 0. The second kappa shape index (κ2) is 13.4. The lowest BCUT2D eigenvalue weighted by Crippen LogP contribution is -2.04. The maximum Gasteiger partial charge on any atom is 0.305 e. The summed E-state index contributed by atoms with van der Waals surface area (Å²) in [4.78, 5) is 21.7. The van der Waals surface area contributed by atoms with Crippen LogP contribution in [0.15, 0.2) is 0 Å². The molecule has 0 radical (unpaired) electrons. The molecule has 0 fully saturated rings. The zero-order valence-corrected chi connectivity index (χ0v) is 12.4. The highest BCUT2D eigenvalue weighted by Crippen LogP contribution is 2.07. The summed E-state index contributed by atoms with van der Waals surface area (Å²) < 4.78 is 9.99. The molecule has 0 heterocycles. The summed E-state index contributed by atoms with van der Waals surface area (Å²) in [5.74, 6) is -0.219. The van der Waals surface area contributed by atoms with Crippen molar-refractivity contribution in [2.24, 2.45) is 0 Å². The minimum Gasteiger partial charge on any atom is -0.466 e. The third kappa shape index (κ3) is 13.2. The van der Waals surface area contributed by atoms with Gasteiger partial charge in [0.05, 0.1) is 13.2 Å². The topological polar surface area (TPSA) is 52.6 Å². The number of rotatable bonds is 12. The Balaban J connectivity index is 3.07. The van der Waals surface area contributed by atoms with Gasteiger partial charge in [-0.3, -0.25) is 9.59 Å². The van der Waals surface area contributed by atoms with Gasteiger partial charge in [-0.1, -0.05) is 46.0 Å². The first kappa shape index (κ1) is 17.9. The molecule has 0 aliphatic heterocycles. The predicted molar refractivity (Wildman–Crippen MR) is 74.8 cm³/mol. The van der Waals surface area contributed by atoms with Gasteiger partial charge in [-0.25, -0.2) is 0 Å². The maximum atomic E-state index is 10.9. The van der Waals surface area contributed by atoms with Crippen LogP contribution in [-0.4, -0.2) is 25.2 Å². The minimum atomic E-state index is -0.110. The summed E-state index contributed by atoms with van der Waals surface area (Å²) >= 11 is 0. The summed E-state index contributed by atoms with van der Waals surface area (Å²) in [6, 6.07) is 0. The van der Waals surface area contributed by atoms with Crippen molar-refractivity contribution in [3.63, 3.8) is 0 Å². The third-order valence-corrected chi connectivity index (χ3v) is 2.89. The first-order valence-corrected chi connectivity index (χ1v) is 7.52.